The van der Waals surface area contributed by atoms with Crippen LogP contribution in [0.2, 0.25) is 5.02 Å². The number of rotatable bonds is 4. The SMILES string of the molecule is O=C1N/C(=N\N=C\c2ccc(Cl)cc2)SC1CCO. The van der Waals surface area contributed by atoms with Gasteiger partial charge in [0.05, 0.1) is 11.5 Å². The number of aliphatic hydroxyl groups excluding tert-OH is 1. The van der Waals surface area contributed by atoms with Crippen molar-refractivity contribution >= 4 is 40.7 Å². The summed E-state index contributed by atoms with van der Waals surface area (Å²) in [5, 5.41) is 20.1. The van der Waals surface area contributed by atoms with Gasteiger partial charge in [-0.1, -0.05) is 35.5 Å². The van der Waals surface area contributed by atoms with Crippen LogP contribution in [0.3, 0.4) is 0 Å². The summed E-state index contributed by atoms with van der Waals surface area (Å²) >= 11 is 7.04. The molecule has 0 radical (unpaired) electrons. The highest BCUT2D eigenvalue weighted by Crippen LogP contribution is 2.21. The quantitative estimate of drug-likeness (QED) is 0.655. The van der Waals surface area contributed by atoms with E-state index in [2.05, 4.69) is 15.5 Å². The summed E-state index contributed by atoms with van der Waals surface area (Å²) in [7, 11) is 0. The number of thioether (sulfide) groups is 1. The molecule has 1 fully saturated rings. The molecule has 1 aliphatic rings. The summed E-state index contributed by atoms with van der Waals surface area (Å²) in [5.74, 6) is -0.139. The zero-order valence-electron chi connectivity index (χ0n) is 9.91. The third-order valence-electron chi connectivity index (χ3n) is 2.39. The molecular weight excluding hydrogens is 286 g/mol. The van der Waals surface area contributed by atoms with Crippen LogP contribution in [0.1, 0.15) is 12.0 Å². The van der Waals surface area contributed by atoms with E-state index in [1.807, 2.05) is 12.1 Å². The Balaban J connectivity index is 1.96. The number of amidine groups is 1. The van der Waals surface area contributed by atoms with Gasteiger partial charge in [-0.25, -0.2) is 0 Å². The van der Waals surface area contributed by atoms with Crippen LogP contribution in [-0.4, -0.2) is 34.3 Å². The average molecular weight is 298 g/mol. The van der Waals surface area contributed by atoms with E-state index < -0.39 is 0 Å². The molecule has 1 amide bonds. The minimum absolute atomic E-state index is 0.0214. The molecule has 2 rings (SSSR count). The number of benzene rings is 1. The van der Waals surface area contributed by atoms with Crippen LogP contribution in [-0.2, 0) is 4.79 Å². The lowest BCUT2D eigenvalue weighted by Gasteiger charge is -1.98. The third-order valence-corrected chi connectivity index (χ3v) is 3.79. The second kappa shape index (κ2) is 6.70. The highest BCUT2D eigenvalue weighted by molar-refractivity contribution is 8.15. The van der Waals surface area contributed by atoms with Gasteiger partial charge < -0.3 is 10.4 Å². The van der Waals surface area contributed by atoms with Gasteiger partial charge in [-0.15, -0.1) is 5.10 Å². The average Bonchev–Trinajstić information content (AvgIpc) is 2.73. The summed E-state index contributed by atoms with van der Waals surface area (Å²) in [5.41, 5.74) is 0.870. The Kier molecular flexibility index (Phi) is 4.95. The molecule has 1 aliphatic heterocycles. The molecule has 100 valence electrons. The van der Waals surface area contributed by atoms with Crippen LogP contribution in [0.25, 0.3) is 0 Å². The van der Waals surface area contributed by atoms with Gasteiger partial charge in [0.15, 0.2) is 5.17 Å². The predicted octanol–water partition coefficient (Wildman–Crippen LogP) is 1.64. The van der Waals surface area contributed by atoms with Gasteiger partial charge in [0.1, 0.15) is 0 Å². The Morgan fingerprint density at radius 2 is 2.16 bits per heavy atom. The molecule has 1 heterocycles. The molecule has 0 aromatic heterocycles. The molecule has 1 saturated heterocycles. The molecule has 1 unspecified atom stereocenters. The van der Waals surface area contributed by atoms with Crippen molar-refractivity contribution in [3.8, 4) is 0 Å². The van der Waals surface area contributed by atoms with Crippen molar-refractivity contribution in [2.45, 2.75) is 11.7 Å². The molecule has 1 aromatic rings. The number of hydrogen-bond acceptors (Lipinski definition) is 5. The second-order valence-corrected chi connectivity index (χ2v) is 5.44. The van der Waals surface area contributed by atoms with Gasteiger partial charge in [0.2, 0.25) is 5.91 Å². The fourth-order valence-corrected chi connectivity index (χ4v) is 2.49. The summed E-state index contributed by atoms with van der Waals surface area (Å²) in [4.78, 5) is 11.5. The Hall–Kier alpha value is -1.37. The summed E-state index contributed by atoms with van der Waals surface area (Å²) in [6.07, 6.45) is 1.99. The maximum atomic E-state index is 11.5. The largest absolute Gasteiger partial charge is 0.396 e. The van der Waals surface area contributed by atoms with Gasteiger partial charge in [-0.2, -0.15) is 5.10 Å². The van der Waals surface area contributed by atoms with Gasteiger partial charge in [0.25, 0.3) is 0 Å². The maximum absolute atomic E-state index is 11.5. The standard InChI is InChI=1S/C12H12ClN3O2S/c13-9-3-1-8(2-4-9)7-14-16-12-15-11(18)10(19-12)5-6-17/h1-4,7,10,17H,5-6H2,(H,15,16,18)/b14-7+. The number of halogens is 1. The third kappa shape index (κ3) is 4.05. The van der Waals surface area contributed by atoms with Crippen molar-refractivity contribution in [1.29, 1.82) is 0 Å². The van der Waals surface area contributed by atoms with Crippen LogP contribution >= 0.6 is 23.4 Å². The molecule has 5 nitrogen and oxygen atoms in total. The van der Waals surface area contributed by atoms with Crippen molar-refractivity contribution in [2.24, 2.45) is 10.2 Å². The monoisotopic (exact) mass is 297 g/mol. The summed E-state index contributed by atoms with van der Waals surface area (Å²) < 4.78 is 0. The van der Waals surface area contributed by atoms with Crippen molar-refractivity contribution < 1.29 is 9.90 Å². The lowest BCUT2D eigenvalue weighted by molar-refractivity contribution is -0.119. The van der Waals surface area contributed by atoms with Crippen molar-refractivity contribution in [2.75, 3.05) is 6.61 Å². The molecule has 1 atom stereocenters. The number of aliphatic hydroxyl groups is 1. The molecule has 0 bridgehead atoms. The Bertz CT molecular complexity index is 516. The fourth-order valence-electron chi connectivity index (χ4n) is 1.46. The van der Waals surface area contributed by atoms with Gasteiger partial charge in [0, 0.05) is 11.6 Å². The van der Waals surface area contributed by atoms with E-state index >= 15 is 0 Å². The Labute approximate surface area is 119 Å². The first kappa shape index (κ1) is 14.0. The maximum Gasteiger partial charge on any atom is 0.239 e. The van der Waals surface area contributed by atoms with Crippen molar-refractivity contribution in [3.63, 3.8) is 0 Å². The van der Waals surface area contributed by atoms with Crippen LogP contribution in [0.15, 0.2) is 34.5 Å². The number of carbonyl (C=O) groups excluding carboxylic acids is 1. The van der Waals surface area contributed by atoms with E-state index in [1.54, 1.807) is 18.3 Å². The predicted molar refractivity (Wildman–Crippen MR) is 77.7 cm³/mol. The minimum atomic E-state index is -0.283. The molecule has 2 N–H and O–H groups in total. The van der Waals surface area contributed by atoms with Gasteiger partial charge in [-0.05, 0) is 24.1 Å². The van der Waals surface area contributed by atoms with Crippen LogP contribution in [0, 0.1) is 0 Å². The first-order chi connectivity index (χ1) is 9.19. The van der Waals surface area contributed by atoms with Crippen LogP contribution in [0.5, 0.6) is 0 Å². The zero-order valence-corrected chi connectivity index (χ0v) is 11.5. The number of carbonyl (C=O) groups is 1. The number of nitrogens with one attached hydrogen (secondary N) is 1. The molecule has 0 aliphatic carbocycles. The zero-order chi connectivity index (χ0) is 13.7. The molecule has 19 heavy (non-hydrogen) atoms. The topological polar surface area (TPSA) is 74.0 Å². The molecule has 7 heteroatoms. The first-order valence-corrected chi connectivity index (χ1v) is 6.90. The number of nitrogens with zero attached hydrogens (tertiary/aromatic N) is 2. The number of amides is 1. The van der Waals surface area contributed by atoms with E-state index in [4.69, 9.17) is 16.7 Å². The lowest BCUT2D eigenvalue weighted by atomic mass is 10.2. The lowest BCUT2D eigenvalue weighted by Crippen LogP contribution is -2.25. The minimum Gasteiger partial charge on any atom is -0.396 e. The van der Waals surface area contributed by atoms with E-state index in [0.29, 0.717) is 16.6 Å². The molecule has 1 aromatic carbocycles. The van der Waals surface area contributed by atoms with Crippen molar-refractivity contribution in [1.82, 2.24) is 5.32 Å². The first-order valence-electron chi connectivity index (χ1n) is 5.64. The number of hydrogen-bond donors (Lipinski definition) is 2. The summed E-state index contributed by atoms with van der Waals surface area (Å²) in [6.45, 7) is -0.0214. The normalized spacial score (nSPS) is 21.3. The fraction of sp³-hybridized carbons (Fsp3) is 0.250. The molecule has 0 spiro atoms. The van der Waals surface area contributed by atoms with Gasteiger partial charge >= 0.3 is 0 Å². The smallest absolute Gasteiger partial charge is 0.239 e. The van der Waals surface area contributed by atoms with E-state index in [0.717, 1.165) is 5.56 Å². The molecular formula is C12H12ClN3O2S. The van der Waals surface area contributed by atoms with E-state index in [9.17, 15) is 4.79 Å². The highest BCUT2D eigenvalue weighted by atomic mass is 35.5. The summed E-state index contributed by atoms with van der Waals surface area (Å²) in [6, 6.07) is 7.17. The Morgan fingerprint density at radius 1 is 1.42 bits per heavy atom. The van der Waals surface area contributed by atoms with Gasteiger partial charge in [-0.3, -0.25) is 4.79 Å². The van der Waals surface area contributed by atoms with E-state index in [-0.39, 0.29) is 17.8 Å². The highest BCUT2D eigenvalue weighted by Gasteiger charge is 2.29. The van der Waals surface area contributed by atoms with Crippen LogP contribution in [0.4, 0.5) is 0 Å². The van der Waals surface area contributed by atoms with Crippen LogP contribution < -0.4 is 5.32 Å². The van der Waals surface area contributed by atoms with E-state index in [1.165, 1.54) is 11.8 Å². The Morgan fingerprint density at radius 3 is 2.84 bits per heavy atom. The van der Waals surface area contributed by atoms with Crippen molar-refractivity contribution in [3.05, 3.63) is 34.9 Å². The molecule has 0 saturated carbocycles. The second-order valence-electron chi connectivity index (χ2n) is 3.81.